The number of esters is 1. The first kappa shape index (κ1) is 17.8. The van der Waals surface area contributed by atoms with Crippen molar-refractivity contribution >= 4 is 29.2 Å². The molecular weight excluding hydrogens is 369 g/mol. The minimum Gasteiger partial charge on any atom is -0.426 e. The van der Waals surface area contributed by atoms with Crippen LogP contribution in [-0.2, 0) is 4.79 Å². The smallest absolute Gasteiger partial charge is 0.316 e. The number of fused-ring (bicyclic) bond motifs is 2. The van der Waals surface area contributed by atoms with Gasteiger partial charge in [-0.05, 0) is 68.3 Å². The second-order valence-corrected chi connectivity index (χ2v) is 8.13. The zero-order valence-corrected chi connectivity index (χ0v) is 16.1. The molecule has 2 bridgehead atoms. The fourth-order valence-corrected chi connectivity index (χ4v) is 4.78. The van der Waals surface area contributed by atoms with Crippen molar-refractivity contribution < 1.29 is 9.53 Å². The summed E-state index contributed by atoms with van der Waals surface area (Å²) in [5.41, 5.74) is 1.16. The van der Waals surface area contributed by atoms with Crippen molar-refractivity contribution in [1.29, 1.82) is 0 Å². The Kier molecular flexibility index (Phi) is 4.96. The number of nitrogens with zero attached hydrogens (tertiary/aromatic N) is 1. The lowest BCUT2D eigenvalue weighted by atomic mass is 9.76. The van der Waals surface area contributed by atoms with Gasteiger partial charge in [-0.1, -0.05) is 35.3 Å². The molecule has 2 aromatic rings. The standard InChI is InChI=1S/C21H21Cl2NO2/c1-24-16-8-11-19(24)20(18(12-16)13-2-4-14(22)5-3-13)21(25)26-17-9-6-15(23)7-10-17/h2-7,9-10,16,18-20H,8,11-12H2,1H3/t16-,18+,19+,20-/m0/s1. The topological polar surface area (TPSA) is 29.5 Å². The maximum Gasteiger partial charge on any atom is 0.316 e. The van der Waals surface area contributed by atoms with Crippen molar-refractivity contribution in [3.05, 3.63) is 64.1 Å². The Hall–Kier alpha value is -1.55. The Morgan fingerprint density at radius 1 is 1.00 bits per heavy atom. The normalized spacial score (nSPS) is 28.1. The van der Waals surface area contributed by atoms with Crippen LogP contribution < -0.4 is 4.74 Å². The SMILES string of the molecule is CN1[C@H]2CC[C@@H]1[C@@H](C(=O)Oc1ccc(Cl)cc1)[C@@H](c1ccc(Cl)cc1)C2. The number of piperidine rings is 1. The fourth-order valence-electron chi connectivity index (χ4n) is 4.53. The third kappa shape index (κ3) is 3.36. The highest BCUT2D eigenvalue weighted by Gasteiger charge is 2.49. The molecule has 0 aliphatic carbocycles. The molecule has 0 amide bonds. The largest absolute Gasteiger partial charge is 0.426 e. The third-order valence-electron chi connectivity index (χ3n) is 5.87. The first-order chi connectivity index (χ1) is 12.5. The lowest BCUT2D eigenvalue weighted by Gasteiger charge is -2.41. The first-order valence-electron chi connectivity index (χ1n) is 8.97. The van der Waals surface area contributed by atoms with Crippen molar-refractivity contribution in [3.63, 3.8) is 0 Å². The number of hydrogen-bond donors (Lipinski definition) is 0. The van der Waals surface area contributed by atoms with Crippen LogP contribution in [0.25, 0.3) is 0 Å². The zero-order valence-electron chi connectivity index (χ0n) is 14.6. The molecule has 2 aliphatic rings. The summed E-state index contributed by atoms with van der Waals surface area (Å²) in [5.74, 6) is 0.345. The maximum atomic E-state index is 13.1. The average molecular weight is 390 g/mol. The molecule has 2 aromatic carbocycles. The monoisotopic (exact) mass is 389 g/mol. The van der Waals surface area contributed by atoms with E-state index in [0.717, 1.165) is 24.8 Å². The van der Waals surface area contributed by atoms with Crippen molar-refractivity contribution in [2.75, 3.05) is 7.05 Å². The number of halogens is 2. The van der Waals surface area contributed by atoms with Crippen LogP contribution in [0.3, 0.4) is 0 Å². The van der Waals surface area contributed by atoms with E-state index in [4.69, 9.17) is 27.9 Å². The van der Waals surface area contributed by atoms with Gasteiger partial charge < -0.3 is 4.74 Å². The lowest BCUT2D eigenvalue weighted by Crippen LogP contribution is -2.49. The predicted octanol–water partition coefficient (Wildman–Crippen LogP) is 5.17. The molecule has 0 unspecified atom stereocenters. The number of carbonyl (C=O) groups excluding carboxylic acids is 1. The van der Waals surface area contributed by atoms with E-state index in [2.05, 4.69) is 11.9 Å². The molecule has 26 heavy (non-hydrogen) atoms. The second-order valence-electron chi connectivity index (χ2n) is 7.26. The summed E-state index contributed by atoms with van der Waals surface area (Å²) < 4.78 is 5.73. The van der Waals surface area contributed by atoms with Gasteiger partial charge in [-0.2, -0.15) is 0 Å². The van der Waals surface area contributed by atoms with Gasteiger partial charge >= 0.3 is 5.97 Å². The van der Waals surface area contributed by atoms with Gasteiger partial charge in [0.2, 0.25) is 0 Å². The highest BCUT2D eigenvalue weighted by atomic mass is 35.5. The van der Waals surface area contributed by atoms with Crippen LogP contribution in [0.2, 0.25) is 10.0 Å². The van der Waals surface area contributed by atoms with Crippen LogP contribution in [0.1, 0.15) is 30.7 Å². The van der Waals surface area contributed by atoms with Crippen LogP contribution in [-0.4, -0.2) is 30.0 Å². The van der Waals surface area contributed by atoms with E-state index in [0.29, 0.717) is 21.8 Å². The average Bonchev–Trinajstić information content (AvgIpc) is 2.87. The van der Waals surface area contributed by atoms with Gasteiger partial charge in [0.15, 0.2) is 0 Å². The quantitative estimate of drug-likeness (QED) is 0.535. The van der Waals surface area contributed by atoms with E-state index < -0.39 is 0 Å². The van der Waals surface area contributed by atoms with Crippen LogP contribution in [0.5, 0.6) is 5.75 Å². The van der Waals surface area contributed by atoms with E-state index in [1.54, 1.807) is 24.3 Å². The predicted molar refractivity (Wildman–Crippen MR) is 104 cm³/mol. The Labute approximate surface area is 163 Å². The minimum absolute atomic E-state index is 0.153. The highest BCUT2D eigenvalue weighted by molar-refractivity contribution is 6.30. The molecule has 2 heterocycles. The van der Waals surface area contributed by atoms with Gasteiger partial charge in [0.05, 0.1) is 5.92 Å². The minimum atomic E-state index is -0.185. The van der Waals surface area contributed by atoms with Gasteiger partial charge in [0.1, 0.15) is 5.75 Å². The molecule has 0 spiro atoms. The van der Waals surface area contributed by atoms with Gasteiger partial charge in [-0.25, -0.2) is 0 Å². The summed E-state index contributed by atoms with van der Waals surface area (Å²) in [6.45, 7) is 0. The number of rotatable bonds is 3. The molecule has 4 rings (SSSR count). The van der Waals surface area contributed by atoms with E-state index in [1.807, 2.05) is 24.3 Å². The summed E-state index contributed by atoms with van der Waals surface area (Å²) in [6, 6.07) is 15.6. The molecule has 0 radical (unpaired) electrons. The molecule has 0 N–H and O–H groups in total. The molecule has 2 fully saturated rings. The number of ether oxygens (including phenoxy) is 1. The first-order valence-corrected chi connectivity index (χ1v) is 9.73. The van der Waals surface area contributed by atoms with E-state index >= 15 is 0 Å². The number of hydrogen-bond acceptors (Lipinski definition) is 3. The van der Waals surface area contributed by atoms with Crippen molar-refractivity contribution in [2.45, 2.75) is 37.3 Å². The van der Waals surface area contributed by atoms with Gasteiger partial charge in [-0.3, -0.25) is 9.69 Å². The summed E-state index contributed by atoms with van der Waals surface area (Å²) in [6.07, 6.45) is 3.14. The van der Waals surface area contributed by atoms with E-state index in [1.165, 1.54) is 0 Å². The Balaban J connectivity index is 1.63. The molecule has 3 nitrogen and oxygen atoms in total. The maximum absolute atomic E-state index is 13.1. The zero-order chi connectivity index (χ0) is 18.3. The van der Waals surface area contributed by atoms with Gasteiger partial charge in [0, 0.05) is 28.0 Å². The molecule has 2 aliphatic heterocycles. The molecule has 2 saturated heterocycles. The summed E-state index contributed by atoms with van der Waals surface area (Å²) in [4.78, 5) is 15.5. The number of carbonyl (C=O) groups is 1. The Bertz CT molecular complexity index is 791. The third-order valence-corrected chi connectivity index (χ3v) is 6.38. The Morgan fingerprint density at radius 2 is 1.62 bits per heavy atom. The molecule has 5 heteroatoms. The van der Waals surface area contributed by atoms with Crippen molar-refractivity contribution in [2.24, 2.45) is 5.92 Å². The van der Waals surface area contributed by atoms with E-state index in [9.17, 15) is 4.79 Å². The molecular formula is C21H21Cl2NO2. The van der Waals surface area contributed by atoms with Crippen LogP contribution in [0.4, 0.5) is 0 Å². The van der Waals surface area contributed by atoms with Crippen molar-refractivity contribution in [3.8, 4) is 5.75 Å². The molecule has 0 aromatic heterocycles. The van der Waals surface area contributed by atoms with Crippen molar-refractivity contribution in [1.82, 2.24) is 4.90 Å². The van der Waals surface area contributed by atoms with Crippen LogP contribution >= 0.6 is 23.2 Å². The summed E-state index contributed by atoms with van der Waals surface area (Å²) in [7, 11) is 2.13. The highest BCUT2D eigenvalue weighted by Crippen LogP contribution is 2.46. The van der Waals surface area contributed by atoms with Crippen LogP contribution in [0.15, 0.2) is 48.5 Å². The van der Waals surface area contributed by atoms with Gasteiger partial charge in [-0.15, -0.1) is 0 Å². The summed E-state index contributed by atoms with van der Waals surface area (Å²) in [5, 5.41) is 1.34. The number of benzene rings is 2. The fraction of sp³-hybridized carbons (Fsp3) is 0.381. The molecule has 136 valence electrons. The van der Waals surface area contributed by atoms with Crippen LogP contribution in [0, 0.1) is 5.92 Å². The second kappa shape index (κ2) is 7.22. The molecule has 4 atom stereocenters. The Morgan fingerprint density at radius 3 is 2.27 bits per heavy atom. The van der Waals surface area contributed by atoms with E-state index in [-0.39, 0.29) is 23.8 Å². The summed E-state index contributed by atoms with van der Waals surface area (Å²) >= 11 is 12.0. The lowest BCUT2D eigenvalue weighted by molar-refractivity contribution is -0.143. The molecule has 0 saturated carbocycles. The van der Waals surface area contributed by atoms with Gasteiger partial charge in [0.25, 0.3) is 0 Å².